The Morgan fingerprint density at radius 3 is 1.83 bits per heavy atom. The average Bonchev–Trinajstić information content (AvgIpc) is 2.53. The highest BCUT2D eigenvalue weighted by atomic mass is 35.5. The molecule has 0 radical (unpaired) electrons. The van der Waals surface area contributed by atoms with Crippen LogP contribution in [0.2, 0.25) is 0 Å². The highest BCUT2D eigenvalue weighted by Gasteiger charge is 2.56. The van der Waals surface area contributed by atoms with Crippen LogP contribution in [-0.2, 0) is 9.53 Å². The number of esters is 1. The van der Waals surface area contributed by atoms with Crippen LogP contribution in [0.1, 0.15) is 47.9 Å². The first kappa shape index (κ1) is 15.7. The van der Waals surface area contributed by atoms with Crippen LogP contribution in [0.25, 0.3) is 0 Å². The van der Waals surface area contributed by atoms with Crippen LogP contribution in [0.3, 0.4) is 0 Å². The first-order chi connectivity index (χ1) is 11.4. The lowest BCUT2D eigenvalue weighted by atomic mass is 9.55. The molecule has 2 nitrogen and oxygen atoms in total. The number of carbonyl (C=O) groups excluding carboxylic acids is 1. The molecule has 3 aliphatic carbocycles. The maximum absolute atomic E-state index is 11.9. The van der Waals surface area contributed by atoms with E-state index >= 15 is 0 Å². The zero-order valence-electron chi connectivity index (χ0n) is 13.3. The molecule has 0 saturated heterocycles. The Morgan fingerprint density at radius 2 is 1.42 bits per heavy atom. The molecule has 24 heavy (non-hydrogen) atoms. The summed E-state index contributed by atoms with van der Waals surface area (Å²) in [5.74, 6) is -0.565. The van der Waals surface area contributed by atoms with E-state index < -0.39 is 5.60 Å². The largest absolute Gasteiger partial charge is 0.454 e. The highest BCUT2D eigenvalue weighted by Crippen LogP contribution is 2.62. The summed E-state index contributed by atoms with van der Waals surface area (Å²) in [6.45, 7) is 3.34. The number of halogens is 2. The van der Waals surface area contributed by atoms with Crippen molar-refractivity contribution in [3.8, 4) is 0 Å². The molecule has 0 aliphatic heterocycles. The van der Waals surface area contributed by atoms with Crippen molar-refractivity contribution < 1.29 is 9.53 Å². The van der Waals surface area contributed by atoms with E-state index in [1.54, 1.807) is 0 Å². The third-order valence-corrected chi connectivity index (χ3v) is 5.58. The number of carbonyl (C=O) groups is 1. The predicted molar refractivity (Wildman–Crippen MR) is 95.5 cm³/mol. The van der Waals surface area contributed by atoms with Crippen molar-refractivity contribution in [2.24, 2.45) is 0 Å². The van der Waals surface area contributed by atoms with Gasteiger partial charge in [0.05, 0.1) is 5.92 Å². The van der Waals surface area contributed by atoms with Gasteiger partial charge in [-0.05, 0) is 29.2 Å². The van der Waals surface area contributed by atoms with E-state index in [0.29, 0.717) is 0 Å². The smallest absolute Gasteiger partial charge is 0.303 e. The van der Waals surface area contributed by atoms with Gasteiger partial charge >= 0.3 is 5.97 Å². The molecule has 2 aromatic rings. The number of fused-ring (bicyclic) bond motifs is 1. The molecule has 4 heteroatoms. The molecule has 0 unspecified atom stereocenters. The Labute approximate surface area is 151 Å². The lowest BCUT2D eigenvalue weighted by Crippen LogP contribution is -2.49. The van der Waals surface area contributed by atoms with Gasteiger partial charge in [-0.3, -0.25) is 4.79 Å². The number of benzene rings is 2. The summed E-state index contributed by atoms with van der Waals surface area (Å²) in [6.07, 6.45) is 0. The Morgan fingerprint density at radius 1 is 0.958 bits per heavy atom. The van der Waals surface area contributed by atoms with Crippen molar-refractivity contribution in [2.75, 3.05) is 0 Å². The van der Waals surface area contributed by atoms with E-state index in [1.165, 1.54) is 29.2 Å². The lowest BCUT2D eigenvalue weighted by Gasteiger charge is -2.52. The molecule has 2 aromatic carbocycles. The van der Waals surface area contributed by atoms with Crippen molar-refractivity contribution in [2.45, 2.75) is 31.3 Å². The maximum Gasteiger partial charge on any atom is 0.303 e. The third kappa shape index (κ3) is 2.00. The summed E-state index contributed by atoms with van der Waals surface area (Å²) in [7, 11) is 0. The molecule has 0 aromatic heterocycles. The highest BCUT2D eigenvalue weighted by molar-refractivity contribution is 6.56. The summed E-state index contributed by atoms with van der Waals surface area (Å²) in [6, 6.07) is 16.5. The molecular formula is C20H16Cl2O2. The first-order valence-electron chi connectivity index (χ1n) is 7.88. The minimum Gasteiger partial charge on any atom is -0.454 e. The predicted octanol–water partition coefficient (Wildman–Crippen LogP) is 5.29. The minimum absolute atomic E-state index is 0.100. The molecule has 5 rings (SSSR count). The molecular weight excluding hydrogens is 343 g/mol. The van der Waals surface area contributed by atoms with Crippen LogP contribution in [0, 0.1) is 0 Å². The van der Waals surface area contributed by atoms with Gasteiger partial charge in [0.15, 0.2) is 0 Å². The van der Waals surface area contributed by atoms with Gasteiger partial charge in [0.25, 0.3) is 0 Å². The second-order valence-corrected chi connectivity index (χ2v) is 7.45. The Hall–Kier alpha value is -1.77. The quantitative estimate of drug-likeness (QED) is 0.647. The molecule has 2 bridgehead atoms. The van der Waals surface area contributed by atoms with Crippen molar-refractivity contribution >= 4 is 29.2 Å². The first-order valence-corrected chi connectivity index (χ1v) is 8.63. The van der Waals surface area contributed by atoms with Crippen LogP contribution in [0.15, 0.2) is 58.6 Å². The molecule has 0 spiro atoms. The second-order valence-electron chi connectivity index (χ2n) is 6.50. The molecule has 0 N–H and O–H groups in total. The van der Waals surface area contributed by atoms with E-state index in [4.69, 9.17) is 27.9 Å². The molecule has 0 saturated carbocycles. The monoisotopic (exact) mass is 358 g/mol. The van der Waals surface area contributed by atoms with E-state index in [-0.39, 0.29) is 22.3 Å². The number of rotatable bonds is 1. The van der Waals surface area contributed by atoms with E-state index in [1.807, 2.05) is 31.2 Å². The molecule has 1 atom stereocenters. The zero-order valence-corrected chi connectivity index (χ0v) is 14.9. The Balaban J connectivity index is 2.10. The number of ether oxygens (including phenoxy) is 1. The number of hydrogen-bond acceptors (Lipinski definition) is 2. The fraction of sp³-hybridized carbons (Fsp3) is 0.250. The van der Waals surface area contributed by atoms with Crippen molar-refractivity contribution in [1.82, 2.24) is 0 Å². The summed E-state index contributed by atoms with van der Waals surface area (Å²) in [5, 5.41) is 0. The Kier molecular flexibility index (Phi) is 3.52. The SMILES string of the molecule is CC(=O)O[C@]1(C)C(=C(Cl)Cl)C2c3ccccc3C1c1ccccc12. The van der Waals surface area contributed by atoms with Crippen LogP contribution < -0.4 is 0 Å². The second kappa shape index (κ2) is 5.37. The van der Waals surface area contributed by atoms with Gasteiger partial charge in [0.2, 0.25) is 0 Å². The van der Waals surface area contributed by atoms with Gasteiger partial charge in [-0.1, -0.05) is 71.7 Å². The third-order valence-electron chi connectivity index (χ3n) is 5.17. The number of hydrogen-bond donors (Lipinski definition) is 0. The van der Waals surface area contributed by atoms with Gasteiger partial charge < -0.3 is 4.74 Å². The maximum atomic E-state index is 11.9. The van der Waals surface area contributed by atoms with Gasteiger partial charge in [-0.15, -0.1) is 0 Å². The minimum atomic E-state index is -0.891. The van der Waals surface area contributed by atoms with Crippen LogP contribution in [0.5, 0.6) is 0 Å². The van der Waals surface area contributed by atoms with Gasteiger partial charge in [0.1, 0.15) is 10.1 Å². The molecule has 0 amide bonds. The molecule has 0 heterocycles. The van der Waals surface area contributed by atoms with Gasteiger partial charge in [-0.2, -0.15) is 0 Å². The van der Waals surface area contributed by atoms with E-state index in [9.17, 15) is 4.79 Å². The van der Waals surface area contributed by atoms with E-state index in [0.717, 1.165) is 5.57 Å². The van der Waals surface area contributed by atoms with Crippen molar-refractivity contribution in [3.63, 3.8) is 0 Å². The molecule has 122 valence electrons. The van der Waals surface area contributed by atoms with Crippen molar-refractivity contribution in [1.29, 1.82) is 0 Å². The zero-order chi connectivity index (χ0) is 17.1. The van der Waals surface area contributed by atoms with Crippen molar-refractivity contribution in [3.05, 3.63) is 80.8 Å². The summed E-state index contributed by atoms with van der Waals surface area (Å²) >= 11 is 12.6. The van der Waals surface area contributed by atoms with Gasteiger partial charge in [-0.25, -0.2) is 0 Å². The fourth-order valence-corrected chi connectivity index (χ4v) is 5.06. The Bertz CT molecular complexity index is 835. The standard InChI is InChI=1S/C20H16Cl2O2/c1-11(23)24-20(2)17-14-9-5-3-7-12(14)16(18(20)19(21)22)13-8-4-6-10-15(13)17/h3-10,16-17H,1-2H3/t16?,17?,20-/m0/s1. The average molecular weight is 359 g/mol. The van der Waals surface area contributed by atoms with Gasteiger partial charge in [0, 0.05) is 18.4 Å². The molecule has 0 fully saturated rings. The van der Waals surface area contributed by atoms with Crippen LogP contribution >= 0.6 is 23.2 Å². The normalized spacial score (nSPS) is 26.6. The lowest BCUT2D eigenvalue weighted by molar-refractivity contribution is -0.154. The van der Waals surface area contributed by atoms with Crippen LogP contribution in [0.4, 0.5) is 0 Å². The summed E-state index contributed by atoms with van der Waals surface area (Å²) in [5.41, 5.74) is 4.58. The van der Waals surface area contributed by atoms with E-state index in [2.05, 4.69) is 24.3 Å². The van der Waals surface area contributed by atoms with Crippen LogP contribution in [-0.4, -0.2) is 11.6 Å². The summed E-state index contributed by atoms with van der Waals surface area (Å²) in [4.78, 5) is 11.9. The molecule has 3 aliphatic rings. The summed E-state index contributed by atoms with van der Waals surface area (Å²) < 4.78 is 6.01. The topological polar surface area (TPSA) is 26.3 Å². The fourth-order valence-electron chi connectivity index (χ4n) is 4.46.